The third-order valence-corrected chi connectivity index (χ3v) is 3.61. The molecule has 0 saturated carbocycles. The first-order valence-electron chi connectivity index (χ1n) is 7.06. The van der Waals surface area contributed by atoms with Crippen molar-refractivity contribution in [3.63, 3.8) is 0 Å². The SMILES string of the molecule is CCc1ccc2nc(CCc3cccc(N)c3)[nH]c2c1. The summed E-state index contributed by atoms with van der Waals surface area (Å²) in [6, 6.07) is 14.5. The van der Waals surface area contributed by atoms with Gasteiger partial charge in [0.05, 0.1) is 11.0 Å². The molecule has 0 aliphatic rings. The molecular formula is C17H19N3. The Morgan fingerprint density at radius 1 is 1.05 bits per heavy atom. The Balaban J connectivity index is 1.77. The van der Waals surface area contributed by atoms with Crippen LogP contribution in [0.2, 0.25) is 0 Å². The lowest BCUT2D eigenvalue weighted by Crippen LogP contribution is -1.94. The summed E-state index contributed by atoms with van der Waals surface area (Å²) in [5.74, 6) is 1.04. The van der Waals surface area contributed by atoms with E-state index in [1.54, 1.807) is 0 Å². The molecule has 0 bridgehead atoms. The molecule has 3 aromatic rings. The van der Waals surface area contributed by atoms with Crippen molar-refractivity contribution in [2.75, 3.05) is 5.73 Å². The molecule has 3 rings (SSSR count). The first kappa shape index (κ1) is 12.7. The van der Waals surface area contributed by atoms with Crippen LogP contribution in [0.15, 0.2) is 42.5 Å². The van der Waals surface area contributed by atoms with Gasteiger partial charge in [-0.25, -0.2) is 4.98 Å². The van der Waals surface area contributed by atoms with Gasteiger partial charge in [0.25, 0.3) is 0 Å². The van der Waals surface area contributed by atoms with E-state index in [0.29, 0.717) is 0 Å². The van der Waals surface area contributed by atoms with Crippen LogP contribution in [0.4, 0.5) is 5.69 Å². The highest BCUT2D eigenvalue weighted by Gasteiger charge is 2.04. The number of aromatic nitrogens is 2. The number of nitrogens with one attached hydrogen (secondary N) is 1. The molecule has 3 N–H and O–H groups in total. The smallest absolute Gasteiger partial charge is 0.107 e. The monoisotopic (exact) mass is 265 g/mol. The van der Waals surface area contributed by atoms with Gasteiger partial charge in [-0.1, -0.05) is 25.1 Å². The first-order valence-corrected chi connectivity index (χ1v) is 7.06. The van der Waals surface area contributed by atoms with Crippen molar-refractivity contribution in [2.45, 2.75) is 26.2 Å². The largest absolute Gasteiger partial charge is 0.399 e. The number of hydrogen-bond donors (Lipinski definition) is 2. The van der Waals surface area contributed by atoms with E-state index in [-0.39, 0.29) is 0 Å². The van der Waals surface area contributed by atoms with Gasteiger partial charge < -0.3 is 10.7 Å². The minimum Gasteiger partial charge on any atom is -0.399 e. The third-order valence-electron chi connectivity index (χ3n) is 3.61. The van der Waals surface area contributed by atoms with Crippen molar-refractivity contribution in [1.82, 2.24) is 9.97 Å². The van der Waals surface area contributed by atoms with E-state index in [0.717, 1.165) is 41.8 Å². The third kappa shape index (κ3) is 2.67. The van der Waals surface area contributed by atoms with E-state index in [2.05, 4.69) is 41.2 Å². The van der Waals surface area contributed by atoms with Crippen molar-refractivity contribution < 1.29 is 0 Å². The number of rotatable bonds is 4. The van der Waals surface area contributed by atoms with Gasteiger partial charge >= 0.3 is 0 Å². The number of benzene rings is 2. The maximum atomic E-state index is 5.80. The lowest BCUT2D eigenvalue weighted by Gasteiger charge is -2.00. The zero-order valence-corrected chi connectivity index (χ0v) is 11.7. The second-order valence-corrected chi connectivity index (χ2v) is 5.13. The number of aryl methyl sites for hydroxylation is 3. The summed E-state index contributed by atoms with van der Waals surface area (Å²) < 4.78 is 0. The predicted molar refractivity (Wildman–Crippen MR) is 83.7 cm³/mol. The summed E-state index contributed by atoms with van der Waals surface area (Å²) in [7, 11) is 0. The number of fused-ring (bicyclic) bond motifs is 1. The molecule has 0 amide bonds. The molecule has 0 radical (unpaired) electrons. The summed E-state index contributed by atoms with van der Waals surface area (Å²) >= 11 is 0. The van der Waals surface area contributed by atoms with Crippen molar-refractivity contribution >= 4 is 16.7 Å². The fourth-order valence-electron chi connectivity index (χ4n) is 2.46. The Labute approximate surface area is 118 Å². The lowest BCUT2D eigenvalue weighted by atomic mass is 10.1. The standard InChI is InChI=1S/C17H19N3/c1-2-12-6-8-15-16(11-12)20-17(19-15)9-7-13-4-3-5-14(18)10-13/h3-6,8,10-11H,2,7,9,18H2,1H3,(H,19,20). The van der Waals surface area contributed by atoms with Gasteiger partial charge in [-0.3, -0.25) is 0 Å². The van der Waals surface area contributed by atoms with E-state index in [9.17, 15) is 0 Å². The molecule has 0 atom stereocenters. The van der Waals surface area contributed by atoms with Crippen LogP contribution in [-0.2, 0) is 19.3 Å². The summed E-state index contributed by atoms with van der Waals surface area (Å²) in [4.78, 5) is 8.05. The number of H-pyrrole nitrogens is 1. The van der Waals surface area contributed by atoms with E-state index in [4.69, 9.17) is 5.73 Å². The molecule has 0 aliphatic carbocycles. The van der Waals surface area contributed by atoms with Crippen molar-refractivity contribution in [2.24, 2.45) is 0 Å². The van der Waals surface area contributed by atoms with E-state index in [1.807, 2.05) is 18.2 Å². The second-order valence-electron chi connectivity index (χ2n) is 5.13. The van der Waals surface area contributed by atoms with Crippen LogP contribution >= 0.6 is 0 Å². The van der Waals surface area contributed by atoms with Gasteiger partial charge in [-0.2, -0.15) is 0 Å². The van der Waals surface area contributed by atoms with Crippen molar-refractivity contribution in [3.8, 4) is 0 Å². The van der Waals surface area contributed by atoms with Gasteiger partial charge in [-0.15, -0.1) is 0 Å². The molecule has 20 heavy (non-hydrogen) atoms. The molecule has 0 fully saturated rings. The van der Waals surface area contributed by atoms with Crippen LogP contribution in [0.1, 0.15) is 23.9 Å². The minimum absolute atomic E-state index is 0.819. The summed E-state index contributed by atoms with van der Waals surface area (Å²) in [5.41, 5.74) is 11.4. The van der Waals surface area contributed by atoms with Crippen LogP contribution in [0, 0.1) is 0 Å². The molecule has 0 unspecified atom stereocenters. The quantitative estimate of drug-likeness (QED) is 0.709. The molecule has 102 valence electrons. The summed E-state index contributed by atoms with van der Waals surface area (Å²) in [5, 5.41) is 0. The normalized spacial score (nSPS) is 11.1. The number of anilines is 1. The highest BCUT2D eigenvalue weighted by molar-refractivity contribution is 5.75. The molecule has 1 aromatic heterocycles. The number of hydrogen-bond acceptors (Lipinski definition) is 2. The van der Waals surface area contributed by atoms with Crippen molar-refractivity contribution in [1.29, 1.82) is 0 Å². The number of nitrogens with zero attached hydrogens (tertiary/aromatic N) is 1. The minimum atomic E-state index is 0.819. The maximum absolute atomic E-state index is 5.80. The number of nitrogens with two attached hydrogens (primary N) is 1. The Hall–Kier alpha value is -2.29. The number of imidazole rings is 1. The van der Waals surface area contributed by atoms with Gasteiger partial charge in [0, 0.05) is 12.1 Å². The average molecular weight is 265 g/mol. The first-order chi connectivity index (χ1) is 9.74. The van der Waals surface area contributed by atoms with E-state index in [1.165, 1.54) is 11.1 Å². The zero-order chi connectivity index (χ0) is 13.9. The van der Waals surface area contributed by atoms with Crippen LogP contribution in [-0.4, -0.2) is 9.97 Å². The van der Waals surface area contributed by atoms with Crippen molar-refractivity contribution in [3.05, 3.63) is 59.4 Å². The molecule has 3 heteroatoms. The van der Waals surface area contributed by atoms with E-state index >= 15 is 0 Å². The molecular weight excluding hydrogens is 246 g/mol. The highest BCUT2D eigenvalue weighted by atomic mass is 14.9. The van der Waals surface area contributed by atoms with Crippen LogP contribution in [0.5, 0.6) is 0 Å². The van der Waals surface area contributed by atoms with Gasteiger partial charge in [0.1, 0.15) is 5.82 Å². The molecule has 0 saturated heterocycles. The fraction of sp³-hybridized carbons (Fsp3) is 0.235. The van der Waals surface area contributed by atoms with Crippen LogP contribution in [0.3, 0.4) is 0 Å². The van der Waals surface area contributed by atoms with Gasteiger partial charge in [0.15, 0.2) is 0 Å². The molecule has 0 aliphatic heterocycles. The Kier molecular flexibility index (Phi) is 3.42. The Morgan fingerprint density at radius 3 is 2.75 bits per heavy atom. The van der Waals surface area contributed by atoms with Gasteiger partial charge in [-0.05, 0) is 48.2 Å². The average Bonchev–Trinajstić information content (AvgIpc) is 2.87. The second kappa shape index (κ2) is 5.37. The summed E-state index contributed by atoms with van der Waals surface area (Å²) in [6.07, 6.45) is 2.90. The van der Waals surface area contributed by atoms with E-state index < -0.39 is 0 Å². The molecule has 1 heterocycles. The maximum Gasteiger partial charge on any atom is 0.107 e. The predicted octanol–water partition coefficient (Wildman–Crippen LogP) is 3.49. The van der Waals surface area contributed by atoms with Crippen LogP contribution in [0.25, 0.3) is 11.0 Å². The molecule has 3 nitrogen and oxygen atoms in total. The fourth-order valence-corrected chi connectivity index (χ4v) is 2.46. The Bertz CT molecular complexity index is 728. The lowest BCUT2D eigenvalue weighted by molar-refractivity contribution is 0.890. The topological polar surface area (TPSA) is 54.7 Å². The van der Waals surface area contributed by atoms with Crippen LogP contribution < -0.4 is 5.73 Å². The number of aromatic amines is 1. The highest BCUT2D eigenvalue weighted by Crippen LogP contribution is 2.16. The molecule has 2 aromatic carbocycles. The van der Waals surface area contributed by atoms with Gasteiger partial charge in [0.2, 0.25) is 0 Å². The molecule has 0 spiro atoms. The number of nitrogen functional groups attached to an aromatic ring is 1. The zero-order valence-electron chi connectivity index (χ0n) is 11.7. The summed E-state index contributed by atoms with van der Waals surface area (Å²) in [6.45, 7) is 2.16. The Morgan fingerprint density at radius 2 is 1.95 bits per heavy atom.